The highest BCUT2D eigenvalue weighted by Crippen LogP contribution is 2.14. The van der Waals surface area contributed by atoms with Crippen molar-refractivity contribution in [3.8, 4) is 0 Å². The van der Waals surface area contributed by atoms with Crippen LogP contribution < -0.4 is 0 Å². The first-order valence-corrected chi connectivity index (χ1v) is 6.05. The van der Waals surface area contributed by atoms with Gasteiger partial charge in [0.25, 0.3) is 0 Å². The Bertz CT molecular complexity index is 79.2. The van der Waals surface area contributed by atoms with E-state index in [2.05, 4.69) is 18.7 Å². The predicted octanol–water partition coefficient (Wildman–Crippen LogP) is 3.79. The SMILES string of the molecule is CC.CC.CCCN1CCC(C)C1. The van der Waals surface area contributed by atoms with E-state index in [0.29, 0.717) is 0 Å². The standard InChI is InChI=1S/C8H17N.2C2H6/c1-3-5-9-6-4-8(2)7-9;2*1-2/h8H,3-7H2,1-2H3;2*1-2H3. The Morgan fingerprint density at radius 1 is 1.15 bits per heavy atom. The highest BCUT2D eigenvalue weighted by atomic mass is 15.1. The lowest BCUT2D eigenvalue weighted by Gasteiger charge is -2.12. The normalized spacial score (nSPS) is 21.2. The fourth-order valence-corrected chi connectivity index (χ4v) is 1.55. The van der Waals surface area contributed by atoms with E-state index in [4.69, 9.17) is 0 Å². The molecule has 0 aromatic carbocycles. The van der Waals surface area contributed by atoms with Gasteiger partial charge in [-0.1, -0.05) is 41.5 Å². The molecule has 1 saturated heterocycles. The minimum atomic E-state index is 0.955. The van der Waals surface area contributed by atoms with Gasteiger partial charge in [-0.25, -0.2) is 0 Å². The molecular formula is C12H29N. The van der Waals surface area contributed by atoms with Crippen molar-refractivity contribution in [1.29, 1.82) is 0 Å². The summed E-state index contributed by atoms with van der Waals surface area (Å²) >= 11 is 0. The fourth-order valence-electron chi connectivity index (χ4n) is 1.55. The van der Waals surface area contributed by atoms with Crippen molar-refractivity contribution >= 4 is 0 Å². The van der Waals surface area contributed by atoms with Crippen molar-refractivity contribution in [1.82, 2.24) is 4.90 Å². The summed E-state index contributed by atoms with van der Waals surface area (Å²) in [5, 5.41) is 0. The molecule has 0 radical (unpaired) electrons. The van der Waals surface area contributed by atoms with Gasteiger partial charge in [-0.3, -0.25) is 0 Å². The number of hydrogen-bond acceptors (Lipinski definition) is 1. The quantitative estimate of drug-likeness (QED) is 0.636. The lowest BCUT2D eigenvalue weighted by atomic mass is 10.2. The summed E-state index contributed by atoms with van der Waals surface area (Å²) in [7, 11) is 0. The summed E-state index contributed by atoms with van der Waals surface area (Å²) in [6, 6.07) is 0. The molecule has 0 amide bonds. The Balaban J connectivity index is 0. The maximum absolute atomic E-state index is 2.56. The van der Waals surface area contributed by atoms with Gasteiger partial charge in [-0.2, -0.15) is 0 Å². The summed E-state index contributed by atoms with van der Waals surface area (Å²) in [5.41, 5.74) is 0. The minimum Gasteiger partial charge on any atom is -0.303 e. The number of rotatable bonds is 2. The van der Waals surface area contributed by atoms with Crippen LogP contribution in [0.5, 0.6) is 0 Å². The van der Waals surface area contributed by atoms with Crippen LogP contribution in [0.1, 0.15) is 54.4 Å². The summed E-state index contributed by atoms with van der Waals surface area (Å²) in [6.07, 6.45) is 2.73. The van der Waals surface area contributed by atoms with Gasteiger partial charge in [0, 0.05) is 6.54 Å². The lowest BCUT2D eigenvalue weighted by molar-refractivity contribution is 0.328. The van der Waals surface area contributed by atoms with Crippen molar-refractivity contribution in [3.05, 3.63) is 0 Å². The molecule has 0 aromatic heterocycles. The molecule has 1 aliphatic heterocycles. The molecule has 1 heterocycles. The molecule has 1 heteroatoms. The molecule has 82 valence electrons. The monoisotopic (exact) mass is 187 g/mol. The third-order valence-electron chi connectivity index (χ3n) is 2.05. The van der Waals surface area contributed by atoms with Gasteiger partial charge >= 0.3 is 0 Å². The smallest absolute Gasteiger partial charge is 0.000749 e. The molecule has 0 aromatic rings. The average molecular weight is 187 g/mol. The topological polar surface area (TPSA) is 3.24 Å². The van der Waals surface area contributed by atoms with Crippen LogP contribution >= 0.6 is 0 Å². The first-order chi connectivity index (χ1) is 6.33. The van der Waals surface area contributed by atoms with E-state index in [1.807, 2.05) is 27.7 Å². The second kappa shape index (κ2) is 12.0. The van der Waals surface area contributed by atoms with Gasteiger partial charge in [0.2, 0.25) is 0 Å². The second-order valence-corrected chi connectivity index (χ2v) is 3.19. The van der Waals surface area contributed by atoms with Crippen molar-refractivity contribution in [2.75, 3.05) is 19.6 Å². The summed E-state index contributed by atoms with van der Waals surface area (Å²) in [4.78, 5) is 2.56. The first-order valence-electron chi connectivity index (χ1n) is 6.05. The van der Waals surface area contributed by atoms with Gasteiger partial charge in [0.15, 0.2) is 0 Å². The minimum absolute atomic E-state index is 0.955. The largest absolute Gasteiger partial charge is 0.303 e. The predicted molar refractivity (Wildman–Crippen MR) is 63.2 cm³/mol. The molecular weight excluding hydrogens is 158 g/mol. The Hall–Kier alpha value is -0.0400. The molecule has 1 fully saturated rings. The first kappa shape index (κ1) is 15.4. The maximum Gasteiger partial charge on any atom is 0.000749 e. The molecule has 0 saturated carbocycles. The Morgan fingerprint density at radius 2 is 1.69 bits per heavy atom. The summed E-state index contributed by atoms with van der Waals surface area (Å²) < 4.78 is 0. The molecule has 0 aliphatic carbocycles. The van der Waals surface area contributed by atoms with Crippen LogP contribution in [0.25, 0.3) is 0 Å². The van der Waals surface area contributed by atoms with Crippen LogP contribution in [-0.4, -0.2) is 24.5 Å². The van der Waals surface area contributed by atoms with E-state index in [-0.39, 0.29) is 0 Å². The Morgan fingerprint density at radius 3 is 2.00 bits per heavy atom. The molecule has 1 nitrogen and oxygen atoms in total. The fraction of sp³-hybridized carbons (Fsp3) is 1.00. The van der Waals surface area contributed by atoms with Crippen molar-refractivity contribution in [2.45, 2.75) is 54.4 Å². The van der Waals surface area contributed by atoms with E-state index in [0.717, 1.165) is 5.92 Å². The van der Waals surface area contributed by atoms with Gasteiger partial charge in [0.05, 0.1) is 0 Å². The zero-order valence-electron chi connectivity index (χ0n) is 10.6. The van der Waals surface area contributed by atoms with Gasteiger partial charge in [-0.15, -0.1) is 0 Å². The number of likely N-dealkylation sites (tertiary alicyclic amines) is 1. The van der Waals surface area contributed by atoms with Gasteiger partial charge in [-0.05, 0) is 31.8 Å². The average Bonchev–Trinajstić information content (AvgIpc) is 2.59. The molecule has 1 unspecified atom stereocenters. The second-order valence-electron chi connectivity index (χ2n) is 3.19. The van der Waals surface area contributed by atoms with E-state index in [1.165, 1.54) is 32.5 Å². The zero-order valence-corrected chi connectivity index (χ0v) is 10.6. The van der Waals surface area contributed by atoms with E-state index < -0.39 is 0 Å². The summed E-state index contributed by atoms with van der Waals surface area (Å²) in [5.74, 6) is 0.955. The van der Waals surface area contributed by atoms with Gasteiger partial charge in [0.1, 0.15) is 0 Å². The highest BCUT2D eigenvalue weighted by Gasteiger charge is 2.16. The molecule has 13 heavy (non-hydrogen) atoms. The highest BCUT2D eigenvalue weighted by molar-refractivity contribution is 4.71. The molecule has 1 aliphatic rings. The molecule has 1 rings (SSSR count). The number of hydrogen-bond donors (Lipinski definition) is 0. The van der Waals surface area contributed by atoms with E-state index in [9.17, 15) is 0 Å². The molecule has 0 spiro atoms. The number of nitrogens with zero attached hydrogens (tertiary/aromatic N) is 1. The van der Waals surface area contributed by atoms with Crippen LogP contribution in [0, 0.1) is 5.92 Å². The van der Waals surface area contributed by atoms with E-state index >= 15 is 0 Å². The third-order valence-corrected chi connectivity index (χ3v) is 2.05. The maximum atomic E-state index is 2.56. The van der Waals surface area contributed by atoms with Crippen molar-refractivity contribution in [3.63, 3.8) is 0 Å². The van der Waals surface area contributed by atoms with Crippen molar-refractivity contribution < 1.29 is 0 Å². The van der Waals surface area contributed by atoms with Gasteiger partial charge < -0.3 is 4.90 Å². The van der Waals surface area contributed by atoms with Crippen LogP contribution in [0.4, 0.5) is 0 Å². The Labute approximate surface area is 85.5 Å². The lowest BCUT2D eigenvalue weighted by Crippen LogP contribution is -2.20. The third kappa shape index (κ3) is 8.29. The van der Waals surface area contributed by atoms with Crippen LogP contribution in [0.15, 0.2) is 0 Å². The Kier molecular flexibility index (Phi) is 14.2. The molecule has 0 N–H and O–H groups in total. The van der Waals surface area contributed by atoms with Crippen LogP contribution in [0.2, 0.25) is 0 Å². The summed E-state index contributed by atoms with van der Waals surface area (Å²) in [6.45, 7) is 16.6. The van der Waals surface area contributed by atoms with E-state index in [1.54, 1.807) is 0 Å². The van der Waals surface area contributed by atoms with Crippen LogP contribution in [-0.2, 0) is 0 Å². The van der Waals surface area contributed by atoms with Crippen molar-refractivity contribution in [2.24, 2.45) is 5.92 Å². The molecule has 1 atom stereocenters. The van der Waals surface area contributed by atoms with Crippen LogP contribution in [0.3, 0.4) is 0 Å². The molecule has 0 bridgehead atoms. The zero-order chi connectivity index (χ0) is 10.7.